The molecule has 2 nitrogen and oxygen atoms in total. The quantitative estimate of drug-likeness (QED) is 0.726. The van der Waals surface area contributed by atoms with Gasteiger partial charge in [0.2, 0.25) is 0 Å². The first-order valence-electron chi connectivity index (χ1n) is 5.36. The molecule has 1 N–H and O–H groups in total. The Hall–Kier alpha value is -0.180. The number of aliphatic imine (C=N–C) groups is 1. The van der Waals surface area contributed by atoms with E-state index in [-0.39, 0.29) is 0 Å². The molecule has 14 heavy (non-hydrogen) atoms. The molecule has 1 aliphatic rings. The summed E-state index contributed by atoms with van der Waals surface area (Å²) in [7, 11) is 0. The summed E-state index contributed by atoms with van der Waals surface area (Å²) < 4.78 is 0. The zero-order valence-corrected chi connectivity index (χ0v) is 10.7. The second kappa shape index (κ2) is 4.56. The fraction of sp³-hybridized carbons (Fsp3) is 0.909. The number of hydrogen-bond donors (Lipinski definition) is 1. The van der Waals surface area contributed by atoms with Crippen LogP contribution in [0.2, 0.25) is 0 Å². The fourth-order valence-electron chi connectivity index (χ4n) is 1.46. The standard InChI is InChI=1S/C11H22N2S/c1-8(2)12-10-13-9(6-7-14-10)11(3,4)5/h8-9H,6-7H2,1-5H3,(H,12,13). The summed E-state index contributed by atoms with van der Waals surface area (Å²) in [6, 6.07) is 0.963. The highest BCUT2D eigenvalue weighted by Crippen LogP contribution is 2.30. The van der Waals surface area contributed by atoms with Gasteiger partial charge >= 0.3 is 0 Å². The van der Waals surface area contributed by atoms with Crippen LogP contribution in [0.15, 0.2) is 4.99 Å². The van der Waals surface area contributed by atoms with E-state index < -0.39 is 0 Å². The Kier molecular flexibility index (Phi) is 3.87. The predicted octanol–water partition coefficient (Wildman–Crippen LogP) is 2.89. The SMILES string of the molecule is CC(C)NC1=NC(C(C)(C)C)CCS1. The van der Waals surface area contributed by atoms with E-state index in [9.17, 15) is 0 Å². The molecule has 0 fully saturated rings. The number of amidine groups is 1. The molecule has 0 radical (unpaired) electrons. The van der Waals surface area contributed by atoms with Crippen LogP contribution in [0.4, 0.5) is 0 Å². The molecule has 82 valence electrons. The van der Waals surface area contributed by atoms with Gasteiger partial charge in [0, 0.05) is 11.8 Å². The average molecular weight is 214 g/mol. The molecule has 0 spiro atoms. The van der Waals surface area contributed by atoms with E-state index >= 15 is 0 Å². The van der Waals surface area contributed by atoms with Crippen LogP contribution in [-0.4, -0.2) is 23.0 Å². The molecule has 1 atom stereocenters. The smallest absolute Gasteiger partial charge is 0.157 e. The van der Waals surface area contributed by atoms with E-state index in [1.165, 1.54) is 12.2 Å². The van der Waals surface area contributed by atoms with Crippen LogP contribution in [0.5, 0.6) is 0 Å². The minimum Gasteiger partial charge on any atom is -0.363 e. The summed E-state index contributed by atoms with van der Waals surface area (Å²) in [5.41, 5.74) is 0.297. The van der Waals surface area contributed by atoms with Crippen LogP contribution in [-0.2, 0) is 0 Å². The maximum Gasteiger partial charge on any atom is 0.157 e. The van der Waals surface area contributed by atoms with E-state index in [0.29, 0.717) is 17.5 Å². The third-order valence-electron chi connectivity index (χ3n) is 2.31. The van der Waals surface area contributed by atoms with E-state index in [1.807, 2.05) is 11.8 Å². The normalized spacial score (nSPS) is 23.6. The number of rotatable bonds is 1. The summed E-state index contributed by atoms with van der Waals surface area (Å²) >= 11 is 1.85. The van der Waals surface area contributed by atoms with Crippen molar-refractivity contribution in [1.29, 1.82) is 0 Å². The maximum atomic E-state index is 4.76. The van der Waals surface area contributed by atoms with Crippen molar-refractivity contribution in [3.63, 3.8) is 0 Å². The average Bonchev–Trinajstić information content (AvgIpc) is 2.01. The van der Waals surface area contributed by atoms with Gasteiger partial charge in [0.25, 0.3) is 0 Å². The first kappa shape index (κ1) is 11.9. The van der Waals surface area contributed by atoms with Crippen molar-refractivity contribution in [2.75, 3.05) is 5.75 Å². The van der Waals surface area contributed by atoms with Gasteiger partial charge in [0.05, 0.1) is 6.04 Å². The monoisotopic (exact) mass is 214 g/mol. The molecule has 0 aromatic carbocycles. The van der Waals surface area contributed by atoms with Crippen LogP contribution in [0.3, 0.4) is 0 Å². The van der Waals surface area contributed by atoms with Crippen molar-refractivity contribution in [3.8, 4) is 0 Å². The molecule has 0 aliphatic carbocycles. The summed E-state index contributed by atoms with van der Waals surface area (Å²) in [6.07, 6.45) is 1.21. The van der Waals surface area contributed by atoms with Gasteiger partial charge < -0.3 is 5.32 Å². The molecule has 1 rings (SSSR count). The summed E-state index contributed by atoms with van der Waals surface area (Å²) in [4.78, 5) is 4.76. The molecule has 0 saturated carbocycles. The third kappa shape index (κ3) is 3.52. The number of thioether (sulfide) groups is 1. The summed E-state index contributed by atoms with van der Waals surface area (Å²) in [5, 5.41) is 4.53. The largest absolute Gasteiger partial charge is 0.363 e. The minimum absolute atomic E-state index is 0.297. The van der Waals surface area contributed by atoms with Crippen LogP contribution >= 0.6 is 11.8 Å². The minimum atomic E-state index is 0.297. The lowest BCUT2D eigenvalue weighted by Gasteiger charge is -2.31. The first-order chi connectivity index (χ1) is 6.39. The summed E-state index contributed by atoms with van der Waals surface area (Å²) in [6.45, 7) is 11.1. The molecule has 0 bridgehead atoms. The molecular weight excluding hydrogens is 192 g/mol. The van der Waals surface area contributed by atoms with Gasteiger partial charge in [-0.25, -0.2) is 0 Å². The zero-order valence-electron chi connectivity index (χ0n) is 9.92. The van der Waals surface area contributed by atoms with Crippen LogP contribution in [0.25, 0.3) is 0 Å². The van der Waals surface area contributed by atoms with Crippen LogP contribution in [0.1, 0.15) is 41.0 Å². The highest BCUT2D eigenvalue weighted by Gasteiger charge is 2.27. The highest BCUT2D eigenvalue weighted by atomic mass is 32.2. The number of hydrogen-bond acceptors (Lipinski definition) is 3. The number of nitrogens with zero attached hydrogens (tertiary/aromatic N) is 1. The lowest BCUT2D eigenvalue weighted by molar-refractivity contribution is 0.315. The maximum absolute atomic E-state index is 4.76. The fourth-order valence-corrected chi connectivity index (χ4v) is 2.52. The van der Waals surface area contributed by atoms with E-state index in [2.05, 4.69) is 39.9 Å². The van der Waals surface area contributed by atoms with Gasteiger partial charge in [-0.2, -0.15) is 0 Å². The van der Waals surface area contributed by atoms with E-state index in [4.69, 9.17) is 4.99 Å². The third-order valence-corrected chi connectivity index (χ3v) is 3.25. The molecule has 0 aromatic rings. The summed E-state index contributed by atoms with van der Waals surface area (Å²) in [5.74, 6) is 1.19. The van der Waals surface area contributed by atoms with Crippen molar-refractivity contribution in [3.05, 3.63) is 0 Å². The molecule has 1 heterocycles. The molecule has 0 amide bonds. The molecule has 0 aromatic heterocycles. The van der Waals surface area contributed by atoms with Gasteiger partial charge in [0.1, 0.15) is 0 Å². The van der Waals surface area contributed by atoms with Gasteiger partial charge in [-0.1, -0.05) is 32.5 Å². The van der Waals surface area contributed by atoms with Crippen LogP contribution < -0.4 is 5.32 Å². The Labute approximate surface area is 92.0 Å². The van der Waals surface area contributed by atoms with Gasteiger partial charge in [-0.3, -0.25) is 4.99 Å². The Balaban J connectivity index is 2.64. The van der Waals surface area contributed by atoms with E-state index in [1.54, 1.807) is 0 Å². The Morgan fingerprint density at radius 3 is 2.57 bits per heavy atom. The van der Waals surface area contributed by atoms with Crippen molar-refractivity contribution in [2.45, 2.75) is 53.1 Å². The molecular formula is C11H22N2S. The Bertz CT molecular complexity index is 216. The van der Waals surface area contributed by atoms with Crippen molar-refractivity contribution in [2.24, 2.45) is 10.4 Å². The van der Waals surface area contributed by atoms with Gasteiger partial charge in [-0.15, -0.1) is 0 Å². The second-order valence-corrected chi connectivity index (χ2v) is 6.34. The lowest BCUT2D eigenvalue weighted by Crippen LogP contribution is -2.35. The van der Waals surface area contributed by atoms with Crippen molar-refractivity contribution >= 4 is 16.9 Å². The Morgan fingerprint density at radius 2 is 2.07 bits per heavy atom. The molecule has 1 aliphatic heterocycles. The van der Waals surface area contributed by atoms with Gasteiger partial charge in [0.15, 0.2) is 5.17 Å². The molecule has 0 saturated heterocycles. The zero-order chi connectivity index (χ0) is 10.8. The number of nitrogens with one attached hydrogen (secondary N) is 1. The van der Waals surface area contributed by atoms with Crippen LogP contribution in [0, 0.1) is 5.41 Å². The second-order valence-electron chi connectivity index (χ2n) is 5.25. The Morgan fingerprint density at radius 1 is 1.43 bits per heavy atom. The highest BCUT2D eigenvalue weighted by molar-refractivity contribution is 8.13. The van der Waals surface area contributed by atoms with Crippen molar-refractivity contribution in [1.82, 2.24) is 5.32 Å². The topological polar surface area (TPSA) is 24.4 Å². The molecule has 1 unspecified atom stereocenters. The van der Waals surface area contributed by atoms with Gasteiger partial charge in [-0.05, 0) is 25.7 Å². The van der Waals surface area contributed by atoms with Crippen molar-refractivity contribution < 1.29 is 0 Å². The molecule has 3 heteroatoms. The lowest BCUT2D eigenvalue weighted by atomic mass is 9.85. The predicted molar refractivity (Wildman–Crippen MR) is 66.0 cm³/mol. The first-order valence-corrected chi connectivity index (χ1v) is 6.35. The van der Waals surface area contributed by atoms with E-state index in [0.717, 1.165) is 5.17 Å².